The van der Waals surface area contributed by atoms with Crippen LogP contribution in [0.15, 0.2) is 52.3 Å². The van der Waals surface area contributed by atoms with E-state index in [2.05, 4.69) is 29.7 Å². The lowest BCUT2D eigenvalue weighted by atomic mass is 10.0. The number of nitriles is 1. The normalized spacial score (nSPS) is 21.7. The Labute approximate surface area is 340 Å². The number of aliphatic hydroxyl groups excluding tert-OH is 2. The van der Waals surface area contributed by atoms with Gasteiger partial charge in [-0.1, -0.05) is 135 Å². The van der Waals surface area contributed by atoms with Crippen LogP contribution in [0.1, 0.15) is 141 Å². The number of benzene rings is 1. The van der Waals surface area contributed by atoms with Gasteiger partial charge in [-0.05, 0) is 31.0 Å². The summed E-state index contributed by atoms with van der Waals surface area (Å²) in [5.74, 6) is 0.618. The third kappa shape index (κ3) is 16.9. The van der Waals surface area contributed by atoms with Crippen molar-refractivity contribution in [1.82, 2.24) is 5.01 Å². The van der Waals surface area contributed by atoms with Crippen LogP contribution >= 0.6 is 7.82 Å². The number of aliphatic imine (C=N–C) groups is 1. The number of hydrazone groups is 1. The van der Waals surface area contributed by atoms with Crippen molar-refractivity contribution < 1.29 is 42.9 Å². The van der Waals surface area contributed by atoms with E-state index in [4.69, 9.17) is 29.0 Å². The van der Waals surface area contributed by atoms with E-state index in [0.29, 0.717) is 23.4 Å². The molecule has 0 radical (unpaired) electrons. The first-order valence-electron chi connectivity index (χ1n) is 20.9. The van der Waals surface area contributed by atoms with Gasteiger partial charge < -0.3 is 35.1 Å². The van der Waals surface area contributed by atoms with Crippen LogP contribution in [0.3, 0.4) is 0 Å². The van der Waals surface area contributed by atoms with Gasteiger partial charge in [-0.25, -0.2) is 14.6 Å². The molecular weight excluding hydrogens is 749 g/mol. The zero-order valence-electron chi connectivity index (χ0n) is 34.4. The number of phosphoric ester groups is 1. The Kier molecular flexibility index (Phi) is 22.7. The Balaban J connectivity index is 1.43. The Bertz CT molecular complexity index is 1530. The number of nitrogens with two attached hydrogens (primary N) is 1. The third-order valence-electron chi connectivity index (χ3n) is 10.4. The number of ether oxygens (including phenoxy) is 3. The summed E-state index contributed by atoms with van der Waals surface area (Å²) in [7, 11) is -3.15. The van der Waals surface area contributed by atoms with E-state index in [1.54, 1.807) is 31.2 Å². The largest absolute Gasteiger partial charge is 0.495 e. The van der Waals surface area contributed by atoms with Gasteiger partial charge in [-0.15, -0.1) is 0 Å². The van der Waals surface area contributed by atoms with E-state index in [-0.39, 0.29) is 24.7 Å². The first-order valence-corrected chi connectivity index (χ1v) is 22.4. The molecule has 2 unspecified atom stereocenters. The van der Waals surface area contributed by atoms with Gasteiger partial charge in [-0.3, -0.25) is 9.05 Å². The lowest BCUT2D eigenvalue weighted by Crippen LogP contribution is -2.39. The second kappa shape index (κ2) is 26.8. The fourth-order valence-corrected chi connectivity index (χ4v) is 7.75. The molecule has 3 rings (SSSR count). The summed E-state index contributed by atoms with van der Waals surface area (Å²) >= 11 is 0. The number of phosphoric acid groups is 1. The standard InChI is InChI=1S/C42H68N5O9P/c1-5-7-8-9-10-11-12-13-14-15-16-17-18-19-20-21-22-23-35(53-28-33-24-25-34(27-43)37(26-33)52-4)29-54-57(50,51)55-30-38-39(48)40(49)41(56-38)32(3)47-36(6-2)42(44)45-31-46-47/h6,24-26,31,35,38-41,48-49H,3,5,7-23,28-30H2,1-2,4H3,(H,50,51)(H2,44,45,46)/b36-6-/t35-,38?,39-,40-,41+/m1/s1. The second-order valence-corrected chi connectivity index (χ2v) is 16.3. The van der Waals surface area contributed by atoms with Gasteiger partial charge in [0.25, 0.3) is 0 Å². The first-order chi connectivity index (χ1) is 27.5. The van der Waals surface area contributed by atoms with Gasteiger partial charge >= 0.3 is 7.82 Å². The van der Waals surface area contributed by atoms with Crippen LogP contribution in [0, 0.1) is 11.3 Å². The van der Waals surface area contributed by atoms with Crippen molar-refractivity contribution in [3.63, 3.8) is 0 Å². The molecular formula is C42H68N5O9P. The van der Waals surface area contributed by atoms with Gasteiger partial charge in [0.2, 0.25) is 0 Å². The molecule has 6 atom stereocenters. The maximum Gasteiger partial charge on any atom is 0.472 e. The molecule has 0 spiro atoms. The van der Waals surface area contributed by atoms with Crippen LogP contribution in [0.4, 0.5) is 0 Å². The predicted octanol–water partition coefficient (Wildman–Crippen LogP) is 8.15. The van der Waals surface area contributed by atoms with Crippen molar-refractivity contribution in [1.29, 1.82) is 5.26 Å². The maximum atomic E-state index is 13.0. The van der Waals surface area contributed by atoms with Crippen molar-refractivity contribution in [3.05, 3.63) is 53.4 Å². The van der Waals surface area contributed by atoms with Crippen LogP contribution in [0.5, 0.6) is 5.75 Å². The van der Waals surface area contributed by atoms with Crippen molar-refractivity contribution in [3.8, 4) is 11.8 Å². The molecule has 5 N–H and O–H groups in total. The third-order valence-corrected chi connectivity index (χ3v) is 11.4. The van der Waals surface area contributed by atoms with E-state index < -0.39 is 44.9 Å². The lowest BCUT2D eigenvalue weighted by molar-refractivity contribution is -0.0294. The second-order valence-electron chi connectivity index (χ2n) is 14.9. The Morgan fingerprint density at radius 2 is 1.60 bits per heavy atom. The highest BCUT2D eigenvalue weighted by Gasteiger charge is 2.46. The Hall–Kier alpha value is -3.12. The molecule has 0 aliphatic carbocycles. The average Bonchev–Trinajstić information content (AvgIpc) is 3.50. The van der Waals surface area contributed by atoms with E-state index in [1.807, 2.05) is 0 Å². The summed E-state index contributed by atoms with van der Waals surface area (Å²) in [6, 6.07) is 7.26. The summed E-state index contributed by atoms with van der Waals surface area (Å²) in [6.07, 6.45) is 19.3. The fourth-order valence-electron chi connectivity index (χ4n) is 6.98. The SMILES string of the molecule is C=C([C@@H]1OC(COP(=O)(O)OC[C@@H](CCCCCCCCCCCCCCCCCCC)OCc2ccc(C#N)c(OC)c2)[C@@H](O)[C@H]1O)N1N=CN=C(N)/C1=C/C. The number of hydrogen-bond donors (Lipinski definition) is 4. The zero-order valence-corrected chi connectivity index (χ0v) is 35.3. The minimum atomic E-state index is -4.64. The molecule has 0 aromatic heterocycles. The summed E-state index contributed by atoms with van der Waals surface area (Å²) in [5.41, 5.74) is 7.73. The van der Waals surface area contributed by atoms with E-state index >= 15 is 0 Å². The minimum Gasteiger partial charge on any atom is -0.495 e. The topological polar surface area (TPSA) is 202 Å². The summed E-state index contributed by atoms with van der Waals surface area (Å²) < 4.78 is 41.0. The molecule has 57 heavy (non-hydrogen) atoms. The van der Waals surface area contributed by atoms with E-state index in [9.17, 15) is 24.9 Å². The summed E-state index contributed by atoms with van der Waals surface area (Å²) in [6.45, 7) is 7.35. The van der Waals surface area contributed by atoms with Crippen molar-refractivity contribution in [2.24, 2.45) is 15.8 Å². The minimum absolute atomic E-state index is 0.171. The van der Waals surface area contributed by atoms with Gasteiger partial charge in [0.05, 0.1) is 44.3 Å². The number of aliphatic hydroxyl groups is 2. The number of nitrogens with zero attached hydrogens (tertiary/aromatic N) is 4. The molecule has 1 aromatic carbocycles. The van der Waals surface area contributed by atoms with Crippen LogP contribution < -0.4 is 10.5 Å². The molecule has 2 aliphatic rings. The molecule has 2 aliphatic heterocycles. The predicted molar refractivity (Wildman–Crippen MR) is 222 cm³/mol. The molecule has 14 nitrogen and oxygen atoms in total. The van der Waals surface area contributed by atoms with E-state index in [0.717, 1.165) is 24.8 Å². The monoisotopic (exact) mass is 817 g/mol. The van der Waals surface area contributed by atoms with E-state index in [1.165, 1.54) is 108 Å². The number of methoxy groups -OCH3 is 1. The molecule has 0 bridgehead atoms. The van der Waals surface area contributed by atoms with Crippen LogP contribution in [0.2, 0.25) is 0 Å². The number of rotatable bonds is 30. The van der Waals surface area contributed by atoms with Crippen molar-refractivity contribution >= 4 is 20.0 Å². The Morgan fingerprint density at radius 1 is 1.00 bits per heavy atom. The van der Waals surface area contributed by atoms with Gasteiger partial charge in [0.1, 0.15) is 48.3 Å². The van der Waals surface area contributed by atoms with Gasteiger partial charge in [-0.2, -0.15) is 10.4 Å². The smallest absolute Gasteiger partial charge is 0.472 e. The maximum absolute atomic E-state index is 13.0. The average molecular weight is 818 g/mol. The molecule has 0 amide bonds. The first kappa shape index (κ1) is 48.3. The van der Waals surface area contributed by atoms with Crippen molar-refractivity contribution in [2.45, 2.75) is 167 Å². The van der Waals surface area contributed by atoms with Crippen LogP contribution in [0.25, 0.3) is 0 Å². The van der Waals surface area contributed by atoms with Gasteiger partial charge in [0.15, 0.2) is 5.84 Å². The number of amidine groups is 1. The molecule has 1 aromatic rings. The summed E-state index contributed by atoms with van der Waals surface area (Å²) in [5, 5.41) is 36.3. The van der Waals surface area contributed by atoms with Crippen LogP contribution in [-0.2, 0) is 29.7 Å². The molecule has 2 heterocycles. The number of hydrogen-bond acceptors (Lipinski definition) is 13. The highest BCUT2D eigenvalue weighted by atomic mass is 31.2. The number of unbranched alkanes of at least 4 members (excludes halogenated alkanes) is 16. The molecule has 0 saturated carbocycles. The highest BCUT2D eigenvalue weighted by molar-refractivity contribution is 7.47. The lowest BCUT2D eigenvalue weighted by Gasteiger charge is -2.29. The number of allylic oxidation sites excluding steroid dienone is 1. The molecule has 1 fully saturated rings. The Morgan fingerprint density at radius 3 is 2.16 bits per heavy atom. The quantitative estimate of drug-likeness (QED) is 0.0429. The van der Waals surface area contributed by atoms with Gasteiger partial charge in [0, 0.05) is 0 Å². The van der Waals surface area contributed by atoms with Crippen molar-refractivity contribution in [2.75, 3.05) is 20.3 Å². The molecule has 320 valence electrons. The highest BCUT2D eigenvalue weighted by Crippen LogP contribution is 2.44. The fraction of sp³-hybridized carbons (Fsp3) is 0.690. The zero-order chi connectivity index (χ0) is 41.5. The molecule has 15 heteroatoms. The van der Waals surface area contributed by atoms with Crippen LogP contribution in [-0.4, -0.2) is 83.1 Å². The molecule has 1 saturated heterocycles. The summed E-state index contributed by atoms with van der Waals surface area (Å²) in [4.78, 5) is 14.6.